The Balaban J connectivity index is 2.52. The summed E-state index contributed by atoms with van der Waals surface area (Å²) in [6.45, 7) is 0.445. The van der Waals surface area contributed by atoms with Gasteiger partial charge in [0.1, 0.15) is 0 Å². The van der Waals surface area contributed by atoms with E-state index in [0.29, 0.717) is 13.0 Å². The van der Waals surface area contributed by atoms with Crippen molar-refractivity contribution in [1.82, 2.24) is 0 Å². The van der Waals surface area contributed by atoms with Crippen LogP contribution in [-0.4, -0.2) is 16.4 Å². The fourth-order valence-corrected chi connectivity index (χ4v) is 1.42. The minimum atomic E-state index is -4.02. The lowest BCUT2D eigenvalue weighted by Gasteiger charge is -2.07. The molecule has 0 aliphatic carbocycles. The first kappa shape index (κ1) is 7.22. The third-order valence-corrected chi connectivity index (χ3v) is 2.13. The van der Waals surface area contributed by atoms with Crippen LogP contribution >= 0.6 is 7.60 Å². The second kappa shape index (κ2) is 2.39. The third-order valence-electron chi connectivity index (χ3n) is 1.13. The second-order valence-corrected chi connectivity index (χ2v) is 3.48. The molecule has 2 N–H and O–H groups in total. The predicted molar refractivity (Wildman–Crippen MR) is 30.5 cm³/mol. The zero-order chi connectivity index (χ0) is 6.91. The summed E-state index contributed by atoms with van der Waals surface area (Å²) in [6.07, 6.45) is 1.13. The third kappa shape index (κ3) is 1.76. The van der Waals surface area contributed by atoms with Crippen LogP contribution in [0.5, 0.6) is 0 Å². The summed E-state index contributed by atoms with van der Waals surface area (Å²) in [5.74, 6) is -0.0532. The molecule has 5 heteroatoms. The van der Waals surface area contributed by atoms with Crippen molar-refractivity contribution in [1.29, 1.82) is 0 Å². The van der Waals surface area contributed by atoms with Gasteiger partial charge in [-0.1, -0.05) is 0 Å². The average molecular weight is 151 g/mol. The van der Waals surface area contributed by atoms with Crippen LogP contribution in [0.1, 0.15) is 12.8 Å². The SMILES string of the molecule is O=P(O)(O)[C]1CCCO1. The van der Waals surface area contributed by atoms with Crippen molar-refractivity contribution in [3.05, 3.63) is 5.85 Å². The zero-order valence-corrected chi connectivity index (χ0v) is 5.67. The standard InChI is InChI=1S/C4H8O4P/c5-9(6,7)4-2-1-3-8-4/h1-3H2,(H2,5,6,7). The summed E-state index contributed by atoms with van der Waals surface area (Å²) in [6, 6.07) is 0. The zero-order valence-electron chi connectivity index (χ0n) is 4.78. The Morgan fingerprint density at radius 1 is 1.56 bits per heavy atom. The van der Waals surface area contributed by atoms with Crippen molar-refractivity contribution in [3.63, 3.8) is 0 Å². The quantitative estimate of drug-likeness (QED) is 0.534. The Kier molecular flexibility index (Phi) is 1.91. The smallest absolute Gasteiger partial charge is 0.359 e. The summed E-state index contributed by atoms with van der Waals surface area (Å²) in [5, 5.41) is 0. The van der Waals surface area contributed by atoms with Gasteiger partial charge in [0.2, 0.25) is 5.85 Å². The van der Waals surface area contributed by atoms with Crippen LogP contribution in [0.3, 0.4) is 0 Å². The molecule has 53 valence electrons. The van der Waals surface area contributed by atoms with Gasteiger partial charge in [-0.05, 0) is 12.8 Å². The molecule has 0 atom stereocenters. The molecule has 0 spiro atoms. The molecule has 0 amide bonds. The van der Waals surface area contributed by atoms with Gasteiger partial charge < -0.3 is 14.5 Å². The average Bonchev–Trinajstić information content (AvgIpc) is 2.08. The lowest BCUT2D eigenvalue weighted by atomic mass is 10.4. The topological polar surface area (TPSA) is 66.8 Å². The molecule has 1 aliphatic rings. The highest BCUT2D eigenvalue weighted by Gasteiger charge is 2.34. The highest BCUT2D eigenvalue weighted by molar-refractivity contribution is 7.55. The highest BCUT2D eigenvalue weighted by atomic mass is 31.2. The number of ether oxygens (including phenoxy) is 1. The van der Waals surface area contributed by atoms with E-state index in [9.17, 15) is 4.57 Å². The van der Waals surface area contributed by atoms with Gasteiger partial charge in [0.05, 0.1) is 0 Å². The fourth-order valence-electron chi connectivity index (χ4n) is 0.715. The van der Waals surface area contributed by atoms with Gasteiger partial charge in [0.25, 0.3) is 0 Å². The lowest BCUT2D eigenvalue weighted by Crippen LogP contribution is -1.94. The number of hydrogen-bond donors (Lipinski definition) is 2. The Hall–Kier alpha value is 0.110. The van der Waals surface area contributed by atoms with Gasteiger partial charge in [-0.2, -0.15) is 0 Å². The van der Waals surface area contributed by atoms with Crippen molar-refractivity contribution >= 4 is 7.60 Å². The molecule has 1 radical (unpaired) electrons. The molecular weight excluding hydrogens is 143 g/mol. The molecule has 1 rings (SSSR count). The minimum Gasteiger partial charge on any atom is -0.359 e. The van der Waals surface area contributed by atoms with E-state index in [1.807, 2.05) is 0 Å². The Morgan fingerprint density at radius 3 is 2.44 bits per heavy atom. The summed E-state index contributed by atoms with van der Waals surface area (Å²) >= 11 is 0. The summed E-state index contributed by atoms with van der Waals surface area (Å²) in [7, 11) is -4.02. The molecule has 0 saturated carbocycles. The van der Waals surface area contributed by atoms with Gasteiger partial charge in [0.15, 0.2) is 0 Å². The summed E-state index contributed by atoms with van der Waals surface area (Å²) in [4.78, 5) is 16.9. The van der Waals surface area contributed by atoms with E-state index in [-0.39, 0.29) is 5.85 Å². The Bertz CT molecular complexity index is 134. The van der Waals surface area contributed by atoms with Crippen LogP contribution in [-0.2, 0) is 9.30 Å². The van der Waals surface area contributed by atoms with E-state index in [0.717, 1.165) is 6.42 Å². The number of hydrogen-bond acceptors (Lipinski definition) is 2. The fraction of sp³-hybridized carbons (Fsp3) is 0.750. The molecule has 1 fully saturated rings. The molecule has 0 unspecified atom stereocenters. The molecule has 1 heterocycles. The maximum Gasteiger partial charge on any atom is 0.360 e. The van der Waals surface area contributed by atoms with E-state index in [1.54, 1.807) is 0 Å². The normalized spacial score (nSPS) is 22.9. The van der Waals surface area contributed by atoms with E-state index in [2.05, 4.69) is 4.74 Å². The summed E-state index contributed by atoms with van der Waals surface area (Å²) < 4.78 is 15.0. The van der Waals surface area contributed by atoms with Crippen molar-refractivity contribution in [2.24, 2.45) is 0 Å². The molecule has 0 bridgehead atoms. The van der Waals surface area contributed by atoms with Crippen LogP contribution in [0.25, 0.3) is 0 Å². The first-order valence-corrected chi connectivity index (χ1v) is 4.26. The van der Waals surface area contributed by atoms with E-state index >= 15 is 0 Å². The van der Waals surface area contributed by atoms with E-state index in [1.165, 1.54) is 0 Å². The predicted octanol–water partition coefficient (Wildman–Crippen LogP) is 0.464. The van der Waals surface area contributed by atoms with E-state index in [4.69, 9.17) is 9.79 Å². The molecule has 9 heavy (non-hydrogen) atoms. The Labute approximate surface area is 53.0 Å². The van der Waals surface area contributed by atoms with Crippen LogP contribution in [0.15, 0.2) is 0 Å². The molecule has 1 aliphatic heterocycles. The van der Waals surface area contributed by atoms with Crippen molar-refractivity contribution < 1.29 is 19.1 Å². The van der Waals surface area contributed by atoms with Crippen LogP contribution in [0, 0.1) is 5.85 Å². The lowest BCUT2D eigenvalue weighted by molar-refractivity contribution is 0.208. The molecule has 4 nitrogen and oxygen atoms in total. The summed E-state index contributed by atoms with van der Waals surface area (Å²) in [5.41, 5.74) is 0. The highest BCUT2D eigenvalue weighted by Crippen LogP contribution is 2.52. The monoisotopic (exact) mass is 151 g/mol. The van der Waals surface area contributed by atoms with Crippen LogP contribution in [0.4, 0.5) is 0 Å². The molecule has 0 aromatic carbocycles. The van der Waals surface area contributed by atoms with Crippen molar-refractivity contribution in [2.45, 2.75) is 12.8 Å². The van der Waals surface area contributed by atoms with Gasteiger partial charge in [-0.15, -0.1) is 0 Å². The maximum absolute atomic E-state index is 10.4. The van der Waals surface area contributed by atoms with Crippen molar-refractivity contribution in [3.8, 4) is 0 Å². The largest absolute Gasteiger partial charge is 0.360 e. The second-order valence-electron chi connectivity index (χ2n) is 1.89. The van der Waals surface area contributed by atoms with Gasteiger partial charge >= 0.3 is 7.60 Å². The van der Waals surface area contributed by atoms with E-state index < -0.39 is 7.60 Å². The molecule has 0 aromatic heterocycles. The maximum atomic E-state index is 10.4. The first-order valence-electron chi connectivity index (χ1n) is 2.65. The van der Waals surface area contributed by atoms with Gasteiger partial charge in [-0.25, -0.2) is 0 Å². The van der Waals surface area contributed by atoms with Crippen molar-refractivity contribution in [2.75, 3.05) is 6.61 Å². The molecular formula is C4H8O4P. The van der Waals surface area contributed by atoms with Gasteiger partial charge in [0, 0.05) is 6.61 Å². The minimum absolute atomic E-state index is 0.0532. The Morgan fingerprint density at radius 2 is 2.22 bits per heavy atom. The van der Waals surface area contributed by atoms with Gasteiger partial charge in [-0.3, -0.25) is 4.57 Å². The number of rotatable bonds is 1. The molecule has 1 saturated heterocycles. The van der Waals surface area contributed by atoms with Crippen LogP contribution < -0.4 is 0 Å². The van der Waals surface area contributed by atoms with Crippen LogP contribution in [0.2, 0.25) is 0 Å². The molecule has 0 aromatic rings. The first-order chi connectivity index (χ1) is 4.11.